The molecule has 0 fully saturated rings. The van der Waals surface area contributed by atoms with Crippen LogP contribution in [0.2, 0.25) is 0 Å². The van der Waals surface area contributed by atoms with Crippen molar-refractivity contribution < 1.29 is 18.0 Å². The molecule has 0 amide bonds. The van der Waals surface area contributed by atoms with Crippen molar-refractivity contribution >= 4 is 133 Å². The van der Waals surface area contributed by atoms with Crippen LogP contribution in [-0.4, -0.2) is 0 Å². The molecule has 3 heterocycles. The summed E-state index contributed by atoms with van der Waals surface area (Å²) < 4.78 is 27.7. The van der Waals surface area contributed by atoms with Crippen molar-refractivity contribution in [2.24, 2.45) is 0 Å². The number of furan rings is 3. The third-order valence-electron chi connectivity index (χ3n) is 15.3. The minimum Gasteiger partial charge on any atom is -0.455 e. The molecule has 0 spiro atoms. The molecule has 0 bridgehead atoms. The largest absolute Gasteiger partial charge is 0.455 e. The quantitative estimate of drug-likeness (QED) is 0.119. The van der Waals surface area contributed by atoms with Crippen LogP contribution in [0.5, 0.6) is 11.5 Å². The number of benzene rings is 11. The van der Waals surface area contributed by atoms with Gasteiger partial charge in [0.15, 0.2) is 22.5 Å². The molecule has 0 aliphatic rings. The average Bonchev–Trinajstić information content (AvgIpc) is 3.14. The second-order valence-electron chi connectivity index (χ2n) is 19.6. The first kappa shape index (κ1) is 53.9. The van der Waals surface area contributed by atoms with Gasteiger partial charge in [-0.25, -0.2) is 0 Å². The fourth-order valence-electron chi connectivity index (χ4n) is 11.7. The summed E-state index contributed by atoms with van der Waals surface area (Å²) in [5.41, 5.74) is 12.8. The molecule has 3 aromatic heterocycles. The summed E-state index contributed by atoms with van der Waals surface area (Å²) in [6.07, 6.45) is 3.59. The second kappa shape index (κ2) is 22.6. The molecular formula is C75H65N3O4. The smallest absolute Gasteiger partial charge is 0.159 e. The summed E-state index contributed by atoms with van der Waals surface area (Å²) in [6, 6.07) is 67.9. The van der Waals surface area contributed by atoms with E-state index in [4.69, 9.17) is 18.0 Å². The highest BCUT2D eigenvalue weighted by Gasteiger charge is 2.29. The Hall–Kier alpha value is -10.0. The number of nitrogens with zero attached hydrogens (tertiary/aromatic N) is 3. The van der Waals surface area contributed by atoms with Gasteiger partial charge in [-0.05, 0) is 108 Å². The van der Waals surface area contributed by atoms with Gasteiger partial charge in [0.2, 0.25) is 0 Å². The van der Waals surface area contributed by atoms with Crippen molar-refractivity contribution in [1.82, 2.24) is 0 Å². The molecule has 0 aliphatic heterocycles. The number of fused-ring (bicyclic) bond motifs is 7. The normalized spacial score (nSPS) is 11.5. The molecule has 14 aromatic rings. The monoisotopic (exact) mass is 1070 g/mol. The Balaban J connectivity index is 0.00000114. The van der Waals surface area contributed by atoms with E-state index >= 15 is 0 Å². The fraction of sp³-hybridized carbons (Fsp3) is 0.133. The Morgan fingerprint density at radius 1 is 0.427 bits per heavy atom. The van der Waals surface area contributed by atoms with E-state index in [-0.39, 0.29) is 5.92 Å². The van der Waals surface area contributed by atoms with E-state index in [0.29, 0.717) is 28.3 Å². The molecule has 14 rings (SSSR count). The van der Waals surface area contributed by atoms with Crippen LogP contribution in [0.3, 0.4) is 0 Å². The van der Waals surface area contributed by atoms with Crippen LogP contribution in [0, 0.1) is 25.2 Å². The van der Waals surface area contributed by atoms with Gasteiger partial charge >= 0.3 is 0 Å². The third-order valence-corrected chi connectivity index (χ3v) is 15.3. The Labute approximate surface area is 479 Å². The minimum atomic E-state index is -0.373. The predicted molar refractivity (Wildman–Crippen MR) is 348 cm³/mol. The zero-order chi connectivity index (χ0) is 57.3. The van der Waals surface area contributed by atoms with Crippen LogP contribution < -0.4 is 14.5 Å². The van der Waals surface area contributed by atoms with Gasteiger partial charge in [-0.15, -0.1) is 0 Å². The van der Waals surface area contributed by atoms with Crippen LogP contribution in [0.1, 0.15) is 82.4 Å². The van der Waals surface area contributed by atoms with Crippen LogP contribution in [0.15, 0.2) is 214 Å². The highest BCUT2D eigenvalue weighted by atomic mass is 16.5. The summed E-state index contributed by atoms with van der Waals surface area (Å²) in [4.78, 5) is 4.59. The van der Waals surface area contributed by atoms with E-state index in [2.05, 4.69) is 188 Å². The lowest BCUT2D eigenvalue weighted by Gasteiger charge is -2.30. The number of hydrogen-bond acceptors (Lipinski definition) is 7. The lowest BCUT2D eigenvalue weighted by molar-refractivity contribution is 0.480. The van der Waals surface area contributed by atoms with Crippen LogP contribution in [-0.2, 0) is 0 Å². The van der Waals surface area contributed by atoms with Gasteiger partial charge in [-0.3, -0.25) is 0 Å². The first-order valence-corrected chi connectivity index (χ1v) is 28.5. The maximum absolute atomic E-state index is 10.1. The summed E-state index contributed by atoms with van der Waals surface area (Å²) in [7, 11) is 0. The van der Waals surface area contributed by atoms with E-state index in [0.717, 1.165) is 133 Å². The van der Waals surface area contributed by atoms with Crippen LogP contribution in [0.25, 0.3) is 99.3 Å². The van der Waals surface area contributed by atoms with Gasteiger partial charge < -0.3 is 27.8 Å². The van der Waals surface area contributed by atoms with Gasteiger partial charge in [0, 0.05) is 48.8 Å². The van der Waals surface area contributed by atoms with E-state index < -0.39 is 0 Å². The Morgan fingerprint density at radius 3 is 1.44 bits per heavy atom. The zero-order valence-electron chi connectivity index (χ0n) is 48.0. The van der Waals surface area contributed by atoms with Crippen LogP contribution >= 0.6 is 0 Å². The average molecular weight is 1070 g/mol. The van der Waals surface area contributed by atoms with Gasteiger partial charge in [0.25, 0.3) is 0 Å². The van der Waals surface area contributed by atoms with E-state index in [1.165, 1.54) is 0 Å². The lowest BCUT2D eigenvalue weighted by atomic mass is 9.91. The zero-order valence-corrected chi connectivity index (χ0v) is 48.0. The molecule has 0 saturated heterocycles. The molecule has 82 heavy (non-hydrogen) atoms. The molecular weight excluding hydrogens is 1010 g/mol. The summed E-state index contributed by atoms with van der Waals surface area (Å²) >= 11 is 0. The van der Waals surface area contributed by atoms with Crippen molar-refractivity contribution in [2.45, 2.75) is 68.2 Å². The highest BCUT2D eigenvalue weighted by Crippen LogP contribution is 2.53. The van der Waals surface area contributed by atoms with Gasteiger partial charge in [-0.2, -0.15) is 5.26 Å². The van der Waals surface area contributed by atoms with Gasteiger partial charge in [0.1, 0.15) is 22.7 Å². The summed E-state index contributed by atoms with van der Waals surface area (Å²) in [5.74, 6) is 1.72. The number of hydrogen-bond donors (Lipinski definition) is 0. The molecule has 11 aromatic carbocycles. The second-order valence-corrected chi connectivity index (χ2v) is 19.6. The summed E-state index contributed by atoms with van der Waals surface area (Å²) in [6.45, 7) is 26.4. The van der Waals surface area contributed by atoms with Gasteiger partial charge in [0.05, 0.1) is 46.1 Å². The molecule has 1 unspecified atom stereocenters. The minimum absolute atomic E-state index is 0.373. The predicted octanol–water partition coefficient (Wildman–Crippen LogP) is 23.5. The maximum Gasteiger partial charge on any atom is 0.159 e. The molecule has 7 nitrogen and oxygen atoms in total. The SMILES string of the molecule is C=Cc1oc2c(N(c3ccc4ccc5c(N(c6cccc(C)c6Oc6ccccc6)c6cccc7c6oc6c(C(C)C#N)cccc67)ccc6ccc3c4c65)c3cccc4c3oc3c(C)cccc34)cccc2c1C=C.CC.CC.CC. The highest BCUT2D eigenvalue weighted by molar-refractivity contribution is 6.29. The molecule has 7 heteroatoms. The van der Waals surface area contributed by atoms with E-state index in [1.54, 1.807) is 6.08 Å². The number of ether oxygens (including phenoxy) is 1. The fourth-order valence-corrected chi connectivity index (χ4v) is 11.7. The molecule has 0 saturated carbocycles. The Morgan fingerprint density at radius 2 is 0.878 bits per heavy atom. The van der Waals surface area contributed by atoms with E-state index in [1.807, 2.05) is 97.0 Å². The van der Waals surface area contributed by atoms with Crippen molar-refractivity contribution in [2.75, 3.05) is 9.80 Å². The van der Waals surface area contributed by atoms with Crippen molar-refractivity contribution in [3.63, 3.8) is 0 Å². The lowest BCUT2D eigenvalue weighted by Crippen LogP contribution is -2.13. The summed E-state index contributed by atoms with van der Waals surface area (Å²) in [5, 5.41) is 21.5. The first-order chi connectivity index (χ1) is 40.3. The van der Waals surface area contributed by atoms with Crippen molar-refractivity contribution in [3.8, 4) is 17.6 Å². The number of rotatable bonds is 11. The third kappa shape index (κ3) is 8.67. The standard InChI is InChI=1S/C69H47N3O4.3C2H6/c1-6-46-48-24-14-28-58(67(48)74-61(46)7-2)72(59-29-15-25-51-49-22-11-17-40(3)64(49)75-68(51)59)56-38-34-44-31-35-53-55(37-33-43-32-36-54(56)63(44)62(43)53)71(57-27-12-18-41(4)65(57)73-45-19-9-8-10-20-45)60-30-16-26-52-50-23-13-21-47(42(5)39-70)66(50)76-69(52)60;3*1-2/h6-38,42H,1-2H2,3-5H3;3*1-2H3. The number of nitriles is 1. The van der Waals surface area contributed by atoms with Crippen molar-refractivity contribution in [1.29, 1.82) is 5.26 Å². The maximum atomic E-state index is 10.1. The van der Waals surface area contributed by atoms with Gasteiger partial charge in [-0.1, -0.05) is 200 Å². The number of aryl methyl sites for hydroxylation is 2. The molecule has 1 atom stereocenters. The first-order valence-electron chi connectivity index (χ1n) is 28.5. The number of anilines is 6. The Bertz CT molecular complexity index is 4740. The van der Waals surface area contributed by atoms with Crippen LogP contribution in [0.4, 0.5) is 34.1 Å². The van der Waals surface area contributed by atoms with Crippen molar-refractivity contribution in [3.05, 3.63) is 229 Å². The molecule has 0 radical (unpaired) electrons. The molecule has 0 N–H and O–H groups in total. The molecule has 404 valence electrons. The Kier molecular flexibility index (Phi) is 14.9. The van der Waals surface area contributed by atoms with E-state index in [9.17, 15) is 5.26 Å². The molecule has 0 aliphatic carbocycles. The number of para-hydroxylation sites is 7. The topological polar surface area (TPSA) is 78.9 Å².